The van der Waals surface area contributed by atoms with Crippen molar-refractivity contribution in [3.8, 4) is 11.3 Å². The largest absolute Gasteiger partial charge is 0.354 e. The number of carbonyl (C=O) groups is 2. The van der Waals surface area contributed by atoms with E-state index in [4.69, 9.17) is 0 Å². The summed E-state index contributed by atoms with van der Waals surface area (Å²) in [6.45, 7) is 1.54. The normalized spacial score (nSPS) is 15.3. The summed E-state index contributed by atoms with van der Waals surface area (Å²) in [6, 6.07) is 13.8. The molecule has 1 aliphatic rings. The van der Waals surface area contributed by atoms with E-state index in [-0.39, 0.29) is 11.8 Å². The van der Waals surface area contributed by atoms with Crippen LogP contribution < -0.4 is 5.32 Å². The van der Waals surface area contributed by atoms with E-state index in [2.05, 4.69) is 5.32 Å². The number of hydrogen-bond acceptors (Lipinski definition) is 2. The van der Waals surface area contributed by atoms with Gasteiger partial charge in [-0.1, -0.05) is 30.3 Å². The highest BCUT2D eigenvalue weighted by atomic mass is 16.2. The molecule has 5 nitrogen and oxygen atoms in total. The third-order valence-electron chi connectivity index (χ3n) is 4.01. The summed E-state index contributed by atoms with van der Waals surface area (Å²) >= 11 is 0. The third-order valence-corrected chi connectivity index (χ3v) is 4.01. The van der Waals surface area contributed by atoms with E-state index in [1.807, 2.05) is 54.1 Å². The van der Waals surface area contributed by atoms with Gasteiger partial charge in [-0.15, -0.1) is 0 Å². The van der Waals surface area contributed by atoms with Crippen molar-refractivity contribution in [1.29, 1.82) is 0 Å². The minimum absolute atomic E-state index is 0.00663. The van der Waals surface area contributed by atoms with Crippen LogP contribution in [0, 0.1) is 0 Å². The number of aromatic nitrogens is 1. The summed E-state index contributed by atoms with van der Waals surface area (Å²) in [4.78, 5) is 25.8. The molecule has 22 heavy (non-hydrogen) atoms. The van der Waals surface area contributed by atoms with E-state index in [0.29, 0.717) is 31.7 Å². The molecule has 0 atom stereocenters. The first-order valence-electron chi connectivity index (χ1n) is 7.44. The van der Waals surface area contributed by atoms with Crippen LogP contribution >= 0.6 is 0 Å². The molecule has 0 saturated carbocycles. The number of carbonyl (C=O) groups excluding carboxylic acids is 2. The van der Waals surface area contributed by atoms with Crippen molar-refractivity contribution in [1.82, 2.24) is 14.8 Å². The van der Waals surface area contributed by atoms with Gasteiger partial charge in [-0.05, 0) is 17.7 Å². The van der Waals surface area contributed by atoms with Gasteiger partial charge in [0.1, 0.15) is 5.69 Å². The highest BCUT2D eigenvalue weighted by Gasteiger charge is 2.22. The van der Waals surface area contributed by atoms with Gasteiger partial charge in [0.2, 0.25) is 5.91 Å². The summed E-state index contributed by atoms with van der Waals surface area (Å²) in [5.74, 6) is -0.0201. The fraction of sp³-hybridized carbons (Fsp3) is 0.294. The first-order chi connectivity index (χ1) is 10.7. The third kappa shape index (κ3) is 2.74. The second-order valence-corrected chi connectivity index (χ2v) is 5.42. The van der Waals surface area contributed by atoms with Gasteiger partial charge in [-0.25, -0.2) is 0 Å². The van der Waals surface area contributed by atoms with E-state index in [1.165, 1.54) is 0 Å². The lowest BCUT2D eigenvalue weighted by molar-refractivity contribution is -0.120. The summed E-state index contributed by atoms with van der Waals surface area (Å²) in [7, 11) is 1.90. The van der Waals surface area contributed by atoms with Crippen molar-refractivity contribution in [2.24, 2.45) is 7.05 Å². The number of amides is 2. The first-order valence-corrected chi connectivity index (χ1v) is 7.44. The van der Waals surface area contributed by atoms with E-state index in [0.717, 1.165) is 11.3 Å². The highest BCUT2D eigenvalue weighted by Crippen LogP contribution is 2.22. The molecule has 114 valence electrons. The summed E-state index contributed by atoms with van der Waals surface area (Å²) in [5, 5.41) is 2.79. The fourth-order valence-corrected chi connectivity index (χ4v) is 2.76. The molecule has 1 aliphatic heterocycles. The minimum atomic E-state index is -0.0267. The molecule has 0 aliphatic carbocycles. The second-order valence-electron chi connectivity index (χ2n) is 5.42. The van der Waals surface area contributed by atoms with Crippen molar-refractivity contribution in [2.75, 3.05) is 19.6 Å². The molecule has 1 aromatic carbocycles. The molecule has 1 N–H and O–H groups in total. The highest BCUT2D eigenvalue weighted by molar-refractivity contribution is 5.94. The Kier molecular flexibility index (Phi) is 3.96. The van der Waals surface area contributed by atoms with E-state index < -0.39 is 0 Å². The standard InChI is InChI=1S/C17H19N3O2/c1-19-14(13-5-3-2-4-6-13)7-8-15(19)17(22)20-11-9-16(21)18-10-12-20/h2-8H,9-12H2,1H3,(H,18,21). The Labute approximate surface area is 129 Å². The second kappa shape index (κ2) is 6.05. The van der Waals surface area contributed by atoms with Gasteiger partial charge >= 0.3 is 0 Å². The van der Waals surface area contributed by atoms with Gasteiger partial charge in [0.05, 0.1) is 0 Å². The van der Waals surface area contributed by atoms with Gasteiger partial charge < -0.3 is 14.8 Å². The predicted octanol–water partition coefficient (Wildman–Crippen LogP) is 1.65. The maximum absolute atomic E-state index is 12.7. The first kappa shape index (κ1) is 14.4. The molecule has 2 aromatic rings. The van der Waals surface area contributed by atoms with E-state index in [9.17, 15) is 9.59 Å². The number of rotatable bonds is 2. The maximum atomic E-state index is 12.7. The predicted molar refractivity (Wildman–Crippen MR) is 84.4 cm³/mol. The van der Waals surface area contributed by atoms with Gasteiger partial charge in [-0.2, -0.15) is 0 Å². The lowest BCUT2D eigenvalue weighted by Crippen LogP contribution is -2.35. The quantitative estimate of drug-likeness (QED) is 0.916. The van der Waals surface area contributed by atoms with Crippen molar-refractivity contribution < 1.29 is 9.59 Å². The smallest absolute Gasteiger partial charge is 0.270 e. The Balaban J connectivity index is 1.85. The molecule has 0 bridgehead atoms. The van der Waals surface area contributed by atoms with E-state index >= 15 is 0 Å². The maximum Gasteiger partial charge on any atom is 0.270 e. The summed E-state index contributed by atoms with van der Waals surface area (Å²) < 4.78 is 1.91. The van der Waals surface area contributed by atoms with Gasteiger partial charge in [0.25, 0.3) is 5.91 Å². The monoisotopic (exact) mass is 297 g/mol. The molecule has 0 spiro atoms. The van der Waals surface area contributed by atoms with Crippen LogP contribution in [0.25, 0.3) is 11.3 Å². The van der Waals surface area contributed by atoms with Crippen molar-refractivity contribution in [2.45, 2.75) is 6.42 Å². The van der Waals surface area contributed by atoms with Crippen LogP contribution in [0.15, 0.2) is 42.5 Å². The SMILES string of the molecule is Cn1c(C(=O)N2CCNC(=O)CC2)ccc1-c1ccccc1. The molecule has 2 amide bonds. The Bertz CT molecular complexity index is 691. The zero-order valence-corrected chi connectivity index (χ0v) is 12.6. The topological polar surface area (TPSA) is 54.3 Å². The average Bonchev–Trinajstić information content (AvgIpc) is 2.78. The van der Waals surface area contributed by atoms with Crippen molar-refractivity contribution in [3.63, 3.8) is 0 Å². The van der Waals surface area contributed by atoms with Crippen LogP contribution in [-0.4, -0.2) is 40.9 Å². The molecular weight excluding hydrogens is 278 g/mol. The lowest BCUT2D eigenvalue weighted by Gasteiger charge is -2.20. The number of nitrogens with one attached hydrogen (secondary N) is 1. The van der Waals surface area contributed by atoms with Gasteiger partial charge in [0.15, 0.2) is 0 Å². The molecule has 1 aromatic heterocycles. The molecule has 2 heterocycles. The Hall–Kier alpha value is -2.56. The average molecular weight is 297 g/mol. The number of nitrogens with zero attached hydrogens (tertiary/aromatic N) is 2. The molecule has 0 unspecified atom stereocenters. The fourth-order valence-electron chi connectivity index (χ4n) is 2.76. The van der Waals surface area contributed by atoms with Crippen LogP contribution in [0.3, 0.4) is 0 Å². The molecule has 0 radical (unpaired) electrons. The molecular formula is C17H19N3O2. The molecule has 5 heteroatoms. The van der Waals surface area contributed by atoms with Crippen LogP contribution in [0.2, 0.25) is 0 Å². The Morgan fingerprint density at radius 3 is 2.64 bits per heavy atom. The van der Waals surface area contributed by atoms with Crippen LogP contribution in [-0.2, 0) is 11.8 Å². The molecule has 1 fully saturated rings. The zero-order valence-electron chi connectivity index (χ0n) is 12.6. The minimum Gasteiger partial charge on any atom is -0.354 e. The lowest BCUT2D eigenvalue weighted by atomic mass is 10.2. The molecule has 3 rings (SSSR count). The van der Waals surface area contributed by atoms with Crippen LogP contribution in [0.4, 0.5) is 0 Å². The van der Waals surface area contributed by atoms with Crippen molar-refractivity contribution >= 4 is 11.8 Å². The van der Waals surface area contributed by atoms with Crippen LogP contribution in [0.5, 0.6) is 0 Å². The summed E-state index contributed by atoms with van der Waals surface area (Å²) in [5.41, 5.74) is 2.73. The van der Waals surface area contributed by atoms with Crippen molar-refractivity contribution in [3.05, 3.63) is 48.2 Å². The van der Waals surface area contributed by atoms with E-state index in [1.54, 1.807) is 4.90 Å². The Morgan fingerprint density at radius 2 is 1.86 bits per heavy atom. The molecule has 1 saturated heterocycles. The zero-order chi connectivity index (χ0) is 15.5. The van der Waals surface area contributed by atoms with Gasteiger partial charge in [0, 0.05) is 38.8 Å². The number of hydrogen-bond donors (Lipinski definition) is 1. The van der Waals surface area contributed by atoms with Gasteiger partial charge in [-0.3, -0.25) is 9.59 Å². The number of benzene rings is 1. The Morgan fingerprint density at radius 1 is 1.09 bits per heavy atom. The summed E-state index contributed by atoms with van der Waals surface area (Å²) in [6.07, 6.45) is 0.363. The van der Waals surface area contributed by atoms with Crippen LogP contribution in [0.1, 0.15) is 16.9 Å².